The standard InChI is InChI=1S/C18H24N4O4S/c1-22-17-5-3-4-16(15(17)12-19-22)21-18(23)13-6-8-14(9-7-13)27(24,25)20-10-11-26-2/h6-9,12,16,20H,3-5,10-11H2,1-2H3,(H,21,23). The Morgan fingerprint density at radius 3 is 2.78 bits per heavy atom. The van der Waals surface area contributed by atoms with Gasteiger partial charge in [-0.1, -0.05) is 0 Å². The van der Waals surface area contributed by atoms with E-state index in [2.05, 4.69) is 15.1 Å². The van der Waals surface area contributed by atoms with Gasteiger partial charge in [-0.25, -0.2) is 13.1 Å². The molecule has 3 rings (SSSR count). The summed E-state index contributed by atoms with van der Waals surface area (Å²) < 4.78 is 33.5. The Morgan fingerprint density at radius 1 is 1.33 bits per heavy atom. The molecule has 0 bridgehead atoms. The molecule has 2 N–H and O–H groups in total. The van der Waals surface area contributed by atoms with Gasteiger partial charge in [0.1, 0.15) is 0 Å². The van der Waals surface area contributed by atoms with Gasteiger partial charge in [0.2, 0.25) is 10.0 Å². The second-order valence-electron chi connectivity index (χ2n) is 6.50. The topological polar surface area (TPSA) is 102 Å². The van der Waals surface area contributed by atoms with E-state index in [0.29, 0.717) is 5.56 Å². The van der Waals surface area contributed by atoms with E-state index in [1.54, 1.807) is 6.20 Å². The number of ether oxygens (including phenoxy) is 1. The van der Waals surface area contributed by atoms with Crippen LogP contribution in [0.15, 0.2) is 35.4 Å². The van der Waals surface area contributed by atoms with E-state index in [0.717, 1.165) is 30.5 Å². The fraction of sp³-hybridized carbons (Fsp3) is 0.444. The molecule has 2 aromatic rings. The summed E-state index contributed by atoms with van der Waals surface area (Å²) in [5.74, 6) is -0.229. The summed E-state index contributed by atoms with van der Waals surface area (Å²) in [4.78, 5) is 12.7. The summed E-state index contributed by atoms with van der Waals surface area (Å²) in [5.41, 5.74) is 2.62. The SMILES string of the molecule is COCCNS(=O)(=O)c1ccc(C(=O)NC2CCCc3c2cnn3C)cc1. The van der Waals surface area contributed by atoms with E-state index in [-0.39, 0.29) is 30.0 Å². The zero-order chi connectivity index (χ0) is 19.4. The molecule has 9 heteroatoms. The van der Waals surface area contributed by atoms with Gasteiger partial charge < -0.3 is 10.1 Å². The third-order valence-electron chi connectivity index (χ3n) is 4.71. The highest BCUT2D eigenvalue weighted by Gasteiger charge is 2.25. The van der Waals surface area contributed by atoms with Gasteiger partial charge in [-0.2, -0.15) is 5.10 Å². The van der Waals surface area contributed by atoms with Crippen LogP contribution in [0.3, 0.4) is 0 Å². The summed E-state index contributed by atoms with van der Waals surface area (Å²) in [6.07, 6.45) is 4.61. The lowest BCUT2D eigenvalue weighted by Crippen LogP contribution is -2.31. The van der Waals surface area contributed by atoms with Crippen molar-refractivity contribution < 1.29 is 17.9 Å². The second kappa shape index (κ2) is 8.20. The Labute approximate surface area is 159 Å². The van der Waals surface area contributed by atoms with Crippen LogP contribution in [-0.2, 0) is 28.2 Å². The van der Waals surface area contributed by atoms with E-state index in [4.69, 9.17) is 4.74 Å². The van der Waals surface area contributed by atoms with E-state index >= 15 is 0 Å². The number of aromatic nitrogens is 2. The fourth-order valence-corrected chi connectivity index (χ4v) is 4.26. The zero-order valence-corrected chi connectivity index (χ0v) is 16.3. The van der Waals surface area contributed by atoms with Gasteiger partial charge >= 0.3 is 0 Å². The third-order valence-corrected chi connectivity index (χ3v) is 6.18. The third kappa shape index (κ3) is 4.37. The molecule has 0 radical (unpaired) electrons. The number of benzene rings is 1. The minimum atomic E-state index is -3.61. The van der Waals surface area contributed by atoms with Crippen molar-refractivity contribution in [1.29, 1.82) is 0 Å². The quantitative estimate of drug-likeness (QED) is 0.688. The maximum absolute atomic E-state index is 12.6. The maximum atomic E-state index is 12.6. The average Bonchev–Trinajstić information content (AvgIpc) is 3.04. The van der Waals surface area contributed by atoms with Crippen molar-refractivity contribution in [2.45, 2.75) is 30.2 Å². The van der Waals surface area contributed by atoms with Crippen molar-refractivity contribution in [3.63, 3.8) is 0 Å². The van der Waals surface area contributed by atoms with Crippen LogP contribution < -0.4 is 10.0 Å². The van der Waals surface area contributed by atoms with E-state index in [9.17, 15) is 13.2 Å². The number of aryl methyl sites for hydroxylation is 1. The molecule has 1 aliphatic carbocycles. The Hall–Kier alpha value is -2.23. The molecule has 1 heterocycles. The van der Waals surface area contributed by atoms with Crippen LogP contribution in [-0.4, -0.2) is 44.4 Å². The molecule has 0 saturated heterocycles. The van der Waals surface area contributed by atoms with Crippen LogP contribution in [0.4, 0.5) is 0 Å². The monoisotopic (exact) mass is 392 g/mol. The van der Waals surface area contributed by atoms with Crippen LogP contribution in [0.5, 0.6) is 0 Å². The molecule has 0 saturated carbocycles. The van der Waals surface area contributed by atoms with Crippen molar-refractivity contribution in [3.05, 3.63) is 47.3 Å². The first-order valence-corrected chi connectivity index (χ1v) is 10.3. The number of carbonyl (C=O) groups is 1. The minimum Gasteiger partial charge on any atom is -0.383 e. The normalized spacial score (nSPS) is 16.7. The molecule has 1 atom stereocenters. The number of amides is 1. The first-order valence-electron chi connectivity index (χ1n) is 8.82. The van der Waals surface area contributed by atoms with Gasteiger partial charge in [-0.3, -0.25) is 9.48 Å². The van der Waals surface area contributed by atoms with Gasteiger partial charge in [-0.05, 0) is 43.5 Å². The lowest BCUT2D eigenvalue weighted by Gasteiger charge is -2.23. The first kappa shape index (κ1) is 19.5. The molecule has 146 valence electrons. The summed E-state index contributed by atoms with van der Waals surface area (Å²) in [6.45, 7) is 0.480. The van der Waals surface area contributed by atoms with E-state index in [1.807, 2.05) is 11.7 Å². The molecule has 0 fully saturated rings. The molecular formula is C18H24N4O4S. The van der Waals surface area contributed by atoms with Crippen LogP contribution >= 0.6 is 0 Å². The molecule has 1 aromatic carbocycles. The van der Waals surface area contributed by atoms with Crippen LogP contribution in [0.1, 0.15) is 40.5 Å². The summed E-state index contributed by atoms with van der Waals surface area (Å²) in [6, 6.07) is 5.83. The predicted molar refractivity (Wildman–Crippen MR) is 99.9 cm³/mol. The highest BCUT2D eigenvalue weighted by Crippen LogP contribution is 2.29. The molecule has 1 unspecified atom stereocenters. The second-order valence-corrected chi connectivity index (χ2v) is 8.27. The molecule has 0 spiro atoms. The van der Waals surface area contributed by atoms with Gasteiger partial charge in [0, 0.05) is 37.5 Å². The lowest BCUT2D eigenvalue weighted by molar-refractivity contribution is 0.0932. The molecule has 1 amide bonds. The zero-order valence-electron chi connectivity index (χ0n) is 15.4. The maximum Gasteiger partial charge on any atom is 0.251 e. The van der Waals surface area contributed by atoms with Crippen LogP contribution in [0.2, 0.25) is 0 Å². The number of nitrogens with zero attached hydrogens (tertiary/aromatic N) is 2. The number of hydrogen-bond donors (Lipinski definition) is 2. The number of sulfonamides is 1. The number of rotatable bonds is 7. The highest BCUT2D eigenvalue weighted by molar-refractivity contribution is 7.89. The average molecular weight is 392 g/mol. The molecule has 8 nitrogen and oxygen atoms in total. The Bertz CT molecular complexity index is 906. The fourth-order valence-electron chi connectivity index (χ4n) is 3.24. The molecule has 0 aliphatic heterocycles. The number of hydrogen-bond acceptors (Lipinski definition) is 5. The smallest absolute Gasteiger partial charge is 0.251 e. The summed E-state index contributed by atoms with van der Waals surface area (Å²) >= 11 is 0. The van der Waals surface area contributed by atoms with Crippen molar-refractivity contribution in [2.75, 3.05) is 20.3 Å². The van der Waals surface area contributed by atoms with Gasteiger partial charge in [0.15, 0.2) is 0 Å². The van der Waals surface area contributed by atoms with E-state index in [1.165, 1.54) is 31.4 Å². The molecule has 27 heavy (non-hydrogen) atoms. The van der Waals surface area contributed by atoms with Gasteiger partial charge in [0.05, 0.1) is 23.7 Å². The van der Waals surface area contributed by atoms with Crippen molar-refractivity contribution in [1.82, 2.24) is 19.8 Å². The Kier molecular flexibility index (Phi) is 5.93. The number of nitrogens with one attached hydrogen (secondary N) is 2. The number of fused-ring (bicyclic) bond motifs is 1. The van der Waals surface area contributed by atoms with Gasteiger partial charge in [-0.15, -0.1) is 0 Å². The largest absolute Gasteiger partial charge is 0.383 e. The van der Waals surface area contributed by atoms with Crippen molar-refractivity contribution in [3.8, 4) is 0 Å². The van der Waals surface area contributed by atoms with E-state index < -0.39 is 10.0 Å². The van der Waals surface area contributed by atoms with Crippen LogP contribution in [0.25, 0.3) is 0 Å². The number of carbonyl (C=O) groups excluding carboxylic acids is 1. The van der Waals surface area contributed by atoms with Crippen molar-refractivity contribution >= 4 is 15.9 Å². The van der Waals surface area contributed by atoms with Crippen LogP contribution in [0, 0.1) is 0 Å². The highest BCUT2D eigenvalue weighted by atomic mass is 32.2. The lowest BCUT2D eigenvalue weighted by atomic mass is 9.93. The first-order chi connectivity index (χ1) is 12.9. The Morgan fingerprint density at radius 2 is 2.07 bits per heavy atom. The molecule has 1 aromatic heterocycles. The Balaban J connectivity index is 1.68. The molecule has 1 aliphatic rings. The number of methoxy groups -OCH3 is 1. The summed E-state index contributed by atoms with van der Waals surface area (Å²) in [7, 11) is -0.204. The van der Waals surface area contributed by atoms with Gasteiger partial charge in [0.25, 0.3) is 5.91 Å². The summed E-state index contributed by atoms with van der Waals surface area (Å²) in [5, 5.41) is 7.31. The van der Waals surface area contributed by atoms with Crippen molar-refractivity contribution in [2.24, 2.45) is 7.05 Å². The molecular weight excluding hydrogens is 368 g/mol. The predicted octanol–water partition coefficient (Wildman–Crippen LogP) is 1.15. The minimum absolute atomic E-state index is 0.0749.